The molecule has 3 nitrogen and oxygen atoms in total. The molecule has 0 amide bonds. The molecule has 0 spiro atoms. The van der Waals surface area contributed by atoms with Crippen molar-refractivity contribution in [3.05, 3.63) is 0 Å². The molecule has 0 saturated carbocycles. The predicted octanol–water partition coefficient (Wildman–Crippen LogP) is 2.11. The first-order valence-electron chi connectivity index (χ1n) is 5.63. The van der Waals surface area contributed by atoms with Crippen molar-refractivity contribution in [1.82, 2.24) is 5.32 Å². The summed E-state index contributed by atoms with van der Waals surface area (Å²) < 4.78 is -0.644. The molecule has 1 fully saturated rings. The lowest BCUT2D eigenvalue weighted by atomic mass is 10.0. The van der Waals surface area contributed by atoms with E-state index >= 15 is 0 Å². The molecule has 1 unspecified atom stereocenters. The third-order valence-electron chi connectivity index (χ3n) is 2.86. The minimum Gasteiger partial charge on any atom is -0.480 e. The molecule has 0 aromatic carbocycles. The summed E-state index contributed by atoms with van der Waals surface area (Å²) in [6.07, 6.45) is 4.92. The highest BCUT2D eigenvalue weighted by molar-refractivity contribution is 8.01. The first-order valence-corrected chi connectivity index (χ1v) is 6.61. The second-order valence-corrected chi connectivity index (χ2v) is 6.32. The molecule has 4 heteroatoms. The van der Waals surface area contributed by atoms with Crippen molar-refractivity contribution < 1.29 is 9.90 Å². The van der Waals surface area contributed by atoms with Crippen LogP contribution in [0.5, 0.6) is 0 Å². The van der Waals surface area contributed by atoms with Crippen LogP contribution < -0.4 is 5.32 Å². The molecule has 1 rings (SSSR count). The van der Waals surface area contributed by atoms with Crippen molar-refractivity contribution in [2.45, 2.75) is 50.3 Å². The topological polar surface area (TPSA) is 49.3 Å². The molecule has 1 aliphatic heterocycles. The third kappa shape index (κ3) is 4.43. The molecule has 1 aliphatic rings. The number of carbonyl (C=O) groups is 1. The number of piperidine rings is 1. The molecule has 88 valence electrons. The summed E-state index contributed by atoms with van der Waals surface area (Å²) in [5.41, 5.74) is 0. The number of hydrogen-bond donors (Lipinski definition) is 2. The summed E-state index contributed by atoms with van der Waals surface area (Å²) >= 11 is 1.54. The maximum Gasteiger partial charge on any atom is 0.319 e. The van der Waals surface area contributed by atoms with Gasteiger partial charge in [-0.1, -0.05) is 6.42 Å². The Bertz CT molecular complexity index is 213. The molecule has 0 bridgehead atoms. The summed E-state index contributed by atoms with van der Waals surface area (Å²) in [5, 5.41) is 12.4. The van der Waals surface area contributed by atoms with Crippen molar-refractivity contribution >= 4 is 17.7 Å². The first kappa shape index (κ1) is 12.8. The van der Waals surface area contributed by atoms with E-state index in [0.29, 0.717) is 6.04 Å². The molecule has 0 aromatic heterocycles. The molecule has 2 N–H and O–H groups in total. The van der Waals surface area contributed by atoms with Gasteiger partial charge >= 0.3 is 5.97 Å². The second-order valence-electron chi connectivity index (χ2n) is 4.60. The Balaban J connectivity index is 2.17. The minimum atomic E-state index is -0.718. The van der Waals surface area contributed by atoms with Crippen LogP contribution in [0.3, 0.4) is 0 Å². The Kier molecular flexibility index (Phi) is 4.93. The average molecular weight is 231 g/mol. The zero-order valence-corrected chi connectivity index (χ0v) is 10.4. The van der Waals surface area contributed by atoms with E-state index in [1.165, 1.54) is 19.3 Å². The highest BCUT2D eigenvalue weighted by Crippen LogP contribution is 2.26. The van der Waals surface area contributed by atoms with Gasteiger partial charge in [-0.05, 0) is 45.4 Å². The molecule has 1 atom stereocenters. The van der Waals surface area contributed by atoms with Crippen LogP contribution in [0.4, 0.5) is 0 Å². The number of rotatable bonds is 5. The van der Waals surface area contributed by atoms with Gasteiger partial charge in [0.15, 0.2) is 0 Å². The molecule has 0 aromatic rings. The van der Waals surface area contributed by atoms with E-state index in [0.717, 1.165) is 18.7 Å². The van der Waals surface area contributed by atoms with Gasteiger partial charge in [-0.15, -0.1) is 11.8 Å². The average Bonchev–Trinajstić information content (AvgIpc) is 2.19. The Morgan fingerprint density at radius 2 is 2.27 bits per heavy atom. The van der Waals surface area contributed by atoms with Gasteiger partial charge in [-0.25, -0.2) is 0 Å². The van der Waals surface area contributed by atoms with Crippen LogP contribution in [0.2, 0.25) is 0 Å². The predicted molar refractivity (Wildman–Crippen MR) is 64.4 cm³/mol. The number of nitrogens with one attached hydrogen (secondary N) is 1. The van der Waals surface area contributed by atoms with Gasteiger partial charge in [0.05, 0.1) is 0 Å². The normalized spacial score (nSPS) is 22.7. The van der Waals surface area contributed by atoms with Gasteiger partial charge in [0.2, 0.25) is 0 Å². The van der Waals surface area contributed by atoms with Crippen molar-refractivity contribution in [2.75, 3.05) is 12.3 Å². The number of aliphatic carboxylic acids is 1. The second kappa shape index (κ2) is 5.75. The van der Waals surface area contributed by atoms with Crippen LogP contribution in [-0.4, -0.2) is 34.2 Å². The monoisotopic (exact) mass is 231 g/mol. The van der Waals surface area contributed by atoms with E-state index in [1.807, 2.05) is 0 Å². The molecule has 15 heavy (non-hydrogen) atoms. The number of carboxylic acid groups (broad SMARTS) is 1. The van der Waals surface area contributed by atoms with Crippen molar-refractivity contribution in [3.8, 4) is 0 Å². The highest BCUT2D eigenvalue weighted by Gasteiger charge is 2.27. The summed E-state index contributed by atoms with van der Waals surface area (Å²) in [7, 11) is 0. The van der Waals surface area contributed by atoms with Gasteiger partial charge in [0.1, 0.15) is 4.75 Å². The van der Waals surface area contributed by atoms with E-state index < -0.39 is 10.7 Å². The van der Waals surface area contributed by atoms with Gasteiger partial charge in [-0.2, -0.15) is 0 Å². The van der Waals surface area contributed by atoms with E-state index in [9.17, 15) is 4.79 Å². The smallest absolute Gasteiger partial charge is 0.319 e. The van der Waals surface area contributed by atoms with E-state index in [4.69, 9.17) is 5.11 Å². The summed E-state index contributed by atoms with van der Waals surface area (Å²) in [4.78, 5) is 10.9. The molecule has 0 aliphatic carbocycles. The Labute approximate surface area is 96.0 Å². The molecule has 1 saturated heterocycles. The Morgan fingerprint density at radius 1 is 1.53 bits per heavy atom. The fraction of sp³-hybridized carbons (Fsp3) is 0.909. The molecule has 0 radical (unpaired) electrons. The molecular formula is C11H21NO2S. The van der Waals surface area contributed by atoms with Crippen LogP contribution in [-0.2, 0) is 4.79 Å². The Morgan fingerprint density at radius 3 is 2.80 bits per heavy atom. The van der Waals surface area contributed by atoms with Crippen molar-refractivity contribution in [3.63, 3.8) is 0 Å². The zero-order valence-electron chi connectivity index (χ0n) is 9.58. The maximum atomic E-state index is 10.9. The molecule has 1 heterocycles. The van der Waals surface area contributed by atoms with Gasteiger partial charge < -0.3 is 10.4 Å². The number of hydrogen-bond acceptors (Lipinski definition) is 3. The van der Waals surface area contributed by atoms with E-state index in [1.54, 1.807) is 25.6 Å². The van der Waals surface area contributed by atoms with E-state index in [2.05, 4.69) is 5.32 Å². The summed E-state index contributed by atoms with van der Waals surface area (Å²) in [5.74, 6) is 0.209. The lowest BCUT2D eigenvalue weighted by molar-refractivity contribution is -0.138. The molecular weight excluding hydrogens is 210 g/mol. The Hall–Kier alpha value is -0.220. The quantitative estimate of drug-likeness (QED) is 0.761. The minimum absolute atomic E-state index is 0.607. The fourth-order valence-electron chi connectivity index (χ4n) is 1.69. The summed E-state index contributed by atoms with van der Waals surface area (Å²) in [6.45, 7) is 4.67. The van der Waals surface area contributed by atoms with Crippen molar-refractivity contribution in [1.29, 1.82) is 0 Å². The van der Waals surface area contributed by atoms with Gasteiger partial charge in [0.25, 0.3) is 0 Å². The van der Waals surface area contributed by atoms with Gasteiger partial charge in [0, 0.05) is 6.04 Å². The zero-order chi connectivity index (χ0) is 11.3. The highest BCUT2D eigenvalue weighted by atomic mass is 32.2. The van der Waals surface area contributed by atoms with E-state index in [-0.39, 0.29) is 0 Å². The standard InChI is InChI=1S/C11H21NO2S/c1-11(2,10(13)14)15-8-6-9-5-3-4-7-12-9/h9,12H,3-8H2,1-2H3,(H,13,14). The lowest BCUT2D eigenvalue weighted by Crippen LogP contribution is -2.35. The number of thioether (sulfide) groups is 1. The van der Waals surface area contributed by atoms with Crippen LogP contribution in [0.25, 0.3) is 0 Å². The number of carboxylic acids is 1. The van der Waals surface area contributed by atoms with Crippen LogP contribution in [0, 0.1) is 0 Å². The maximum absolute atomic E-state index is 10.9. The van der Waals surface area contributed by atoms with Crippen LogP contribution >= 0.6 is 11.8 Å². The largest absolute Gasteiger partial charge is 0.480 e. The fourth-order valence-corrected chi connectivity index (χ4v) is 2.72. The van der Waals surface area contributed by atoms with Gasteiger partial charge in [-0.3, -0.25) is 4.79 Å². The van der Waals surface area contributed by atoms with Crippen molar-refractivity contribution in [2.24, 2.45) is 0 Å². The van der Waals surface area contributed by atoms with Crippen LogP contribution in [0.15, 0.2) is 0 Å². The summed E-state index contributed by atoms with van der Waals surface area (Å²) in [6, 6.07) is 0.607. The third-order valence-corrected chi connectivity index (χ3v) is 4.19. The first-order chi connectivity index (χ1) is 7.02. The van der Waals surface area contributed by atoms with Crippen LogP contribution in [0.1, 0.15) is 39.5 Å². The SMILES string of the molecule is CC(C)(SCCC1CCCCN1)C(=O)O. The lowest BCUT2D eigenvalue weighted by Gasteiger charge is -2.25.